The second-order valence-corrected chi connectivity index (χ2v) is 14.0. The Morgan fingerprint density at radius 3 is 2.32 bits per heavy atom. The minimum absolute atomic E-state index is 0.00471. The summed E-state index contributed by atoms with van der Waals surface area (Å²) in [7, 11) is -7.75. The van der Waals surface area contributed by atoms with Gasteiger partial charge < -0.3 is 4.74 Å². The Morgan fingerprint density at radius 1 is 1.05 bits per heavy atom. The van der Waals surface area contributed by atoms with Gasteiger partial charge >= 0.3 is 0 Å². The van der Waals surface area contributed by atoms with Gasteiger partial charge in [-0.1, -0.05) is 47.5 Å². The molecule has 4 rings (SSSR count). The van der Waals surface area contributed by atoms with Gasteiger partial charge in [-0.2, -0.15) is 5.26 Å². The molecule has 37 heavy (non-hydrogen) atoms. The third-order valence-electron chi connectivity index (χ3n) is 6.35. The summed E-state index contributed by atoms with van der Waals surface area (Å²) >= 11 is 12.1. The molecule has 0 saturated carbocycles. The van der Waals surface area contributed by atoms with E-state index in [1.165, 1.54) is 40.7 Å². The van der Waals surface area contributed by atoms with E-state index < -0.39 is 30.8 Å². The molecule has 1 N–H and O–H groups in total. The Bertz CT molecular complexity index is 1490. The number of rotatable bonds is 7. The van der Waals surface area contributed by atoms with Crippen LogP contribution in [-0.4, -0.2) is 45.0 Å². The second-order valence-electron chi connectivity index (χ2n) is 9.08. The van der Waals surface area contributed by atoms with Crippen LogP contribution in [0.4, 0.5) is 0 Å². The van der Waals surface area contributed by atoms with Gasteiger partial charge in [0.2, 0.25) is 20.0 Å². The maximum atomic E-state index is 13.4. The molecule has 0 aromatic heterocycles. The monoisotopic (exact) mass is 581 g/mol. The molecule has 1 heterocycles. The number of hydrogen-bond donors (Lipinski definition) is 1. The van der Waals surface area contributed by atoms with Gasteiger partial charge in [-0.15, -0.1) is 0 Å². The Kier molecular flexibility index (Phi) is 8.04. The largest absolute Gasteiger partial charge is 0.456 e. The highest BCUT2D eigenvalue weighted by molar-refractivity contribution is 7.90. The van der Waals surface area contributed by atoms with Gasteiger partial charge in [0.1, 0.15) is 21.1 Å². The predicted molar refractivity (Wildman–Crippen MR) is 143 cm³/mol. The summed E-state index contributed by atoms with van der Waals surface area (Å²) in [6.45, 7) is 2.06. The summed E-state index contributed by atoms with van der Waals surface area (Å²) in [4.78, 5) is -0.218. The van der Waals surface area contributed by atoms with Crippen molar-refractivity contribution in [2.75, 3.05) is 13.1 Å². The average molecular weight is 583 g/mol. The Morgan fingerprint density at radius 2 is 1.73 bits per heavy atom. The number of piperidine rings is 1. The average Bonchev–Trinajstić information content (AvgIpc) is 2.84. The Hall–Kier alpha value is -2.39. The number of nitrogens with zero attached hydrogens (tertiary/aromatic N) is 2. The lowest BCUT2D eigenvalue weighted by molar-refractivity contribution is 0.302. The molecule has 1 fully saturated rings. The van der Waals surface area contributed by atoms with Crippen LogP contribution in [-0.2, 0) is 20.0 Å². The number of ether oxygens (including phenoxy) is 1. The second kappa shape index (κ2) is 10.8. The lowest BCUT2D eigenvalue weighted by Gasteiger charge is -2.37. The Balaban J connectivity index is 1.51. The van der Waals surface area contributed by atoms with Gasteiger partial charge in [-0.25, -0.2) is 25.9 Å². The van der Waals surface area contributed by atoms with Crippen LogP contribution in [0.5, 0.6) is 11.5 Å². The summed E-state index contributed by atoms with van der Waals surface area (Å²) in [5, 5.41) is 9.95. The maximum Gasteiger partial charge on any atom is 0.244 e. The van der Waals surface area contributed by atoms with E-state index in [0.717, 1.165) is 0 Å². The summed E-state index contributed by atoms with van der Waals surface area (Å²) in [5.41, 5.74) is 0.139. The van der Waals surface area contributed by atoms with E-state index in [4.69, 9.17) is 27.9 Å². The lowest BCUT2D eigenvalue weighted by atomic mass is 10.0. The van der Waals surface area contributed by atoms with Gasteiger partial charge in [0.05, 0.1) is 11.6 Å². The third-order valence-corrected chi connectivity index (χ3v) is 10.9. The fourth-order valence-corrected chi connectivity index (χ4v) is 8.08. The third kappa shape index (κ3) is 6.03. The van der Waals surface area contributed by atoms with Crippen molar-refractivity contribution in [3.63, 3.8) is 0 Å². The molecule has 0 bridgehead atoms. The van der Waals surface area contributed by atoms with Crippen molar-refractivity contribution in [3.05, 3.63) is 76.3 Å². The van der Waals surface area contributed by atoms with Crippen LogP contribution in [0, 0.1) is 11.3 Å². The van der Waals surface area contributed by atoms with E-state index >= 15 is 0 Å². The number of halogens is 2. The molecule has 12 heteroatoms. The normalized spacial score (nSPS) is 21.0. The first-order valence-corrected chi connectivity index (χ1v) is 15.2. The van der Waals surface area contributed by atoms with Crippen LogP contribution in [0.1, 0.15) is 31.7 Å². The maximum absolute atomic E-state index is 13.4. The highest BCUT2D eigenvalue weighted by atomic mass is 35.5. The molecule has 0 radical (unpaired) electrons. The van der Waals surface area contributed by atoms with Crippen molar-refractivity contribution in [3.8, 4) is 17.6 Å². The van der Waals surface area contributed by atoms with E-state index in [1.807, 2.05) is 18.2 Å². The van der Waals surface area contributed by atoms with E-state index in [1.54, 1.807) is 19.1 Å². The number of sulfonamides is 2. The fourth-order valence-electron chi connectivity index (χ4n) is 4.28. The number of allylic oxidation sites excluding steroid dienone is 3. The first-order chi connectivity index (χ1) is 17.4. The summed E-state index contributed by atoms with van der Waals surface area (Å²) in [6.07, 6.45) is 8.04. The fraction of sp³-hybridized carbons (Fsp3) is 0.320. The zero-order valence-corrected chi connectivity index (χ0v) is 23.0. The highest BCUT2D eigenvalue weighted by Gasteiger charge is 2.42. The van der Waals surface area contributed by atoms with Gasteiger partial charge in [0, 0.05) is 29.2 Å². The summed E-state index contributed by atoms with van der Waals surface area (Å²) in [5.74, 6) is 0.229. The molecule has 2 aromatic rings. The minimum atomic E-state index is -4.13. The number of nitrogens with one attached hydrogen (secondary N) is 1. The van der Waals surface area contributed by atoms with E-state index in [2.05, 4.69) is 4.72 Å². The standard InChI is InChI=1S/C25H25Cl2N3O5S2/c1-25(9-3-2-4-10-25)37(33,34)30-11-7-21(8-12-30)29-36(31,32)24-13-18(17-28)5-6-23(24)35-22-15-19(26)14-20(27)16-22/h2-6,9,13-16,21,29H,7-8,10-12H2,1H3. The van der Waals surface area contributed by atoms with E-state index in [0.29, 0.717) is 29.3 Å². The van der Waals surface area contributed by atoms with E-state index in [9.17, 15) is 22.1 Å². The number of benzene rings is 2. The van der Waals surface area contributed by atoms with Crippen molar-refractivity contribution in [2.24, 2.45) is 0 Å². The molecule has 196 valence electrons. The first-order valence-electron chi connectivity index (χ1n) is 11.5. The lowest BCUT2D eigenvalue weighted by Crippen LogP contribution is -2.51. The molecule has 1 saturated heterocycles. The molecule has 1 atom stereocenters. The Labute approximate surface area is 227 Å². The van der Waals surface area contributed by atoms with Crippen molar-refractivity contribution < 1.29 is 21.6 Å². The molecule has 2 aliphatic rings. The molecule has 1 aliphatic carbocycles. The minimum Gasteiger partial charge on any atom is -0.456 e. The molecule has 1 aliphatic heterocycles. The number of nitriles is 1. The van der Waals surface area contributed by atoms with Gasteiger partial charge in [0.25, 0.3) is 0 Å². The van der Waals surface area contributed by atoms with Crippen LogP contribution >= 0.6 is 23.2 Å². The quantitative estimate of drug-likeness (QED) is 0.491. The molecular formula is C25H25Cl2N3O5S2. The van der Waals surface area contributed by atoms with Crippen LogP contribution in [0.2, 0.25) is 10.0 Å². The zero-order valence-electron chi connectivity index (χ0n) is 19.9. The van der Waals surface area contributed by atoms with Gasteiger partial charge in [-0.3, -0.25) is 0 Å². The molecule has 0 spiro atoms. The molecule has 8 nitrogen and oxygen atoms in total. The van der Waals surface area contributed by atoms with Gasteiger partial charge in [0.15, 0.2) is 0 Å². The molecule has 1 unspecified atom stereocenters. The molecular weight excluding hydrogens is 557 g/mol. The zero-order chi connectivity index (χ0) is 26.8. The van der Waals surface area contributed by atoms with Crippen molar-refractivity contribution in [1.82, 2.24) is 9.03 Å². The van der Waals surface area contributed by atoms with Crippen LogP contribution in [0.25, 0.3) is 0 Å². The summed E-state index contributed by atoms with van der Waals surface area (Å²) < 4.78 is 62.1. The van der Waals surface area contributed by atoms with Gasteiger partial charge in [-0.05, 0) is 62.6 Å². The summed E-state index contributed by atoms with van der Waals surface area (Å²) in [6, 6.07) is 10.0. The molecule has 0 amide bonds. The van der Waals surface area contributed by atoms with E-state index in [-0.39, 0.29) is 35.0 Å². The SMILES string of the molecule is CC1(S(=O)(=O)N2CCC(NS(=O)(=O)c3cc(C#N)ccc3Oc3cc(Cl)cc(Cl)c3)CC2)C=CC=CC1. The number of hydrogen-bond acceptors (Lipinski definition) is 6. The molecule has 2 aromatic carbocycles. The predicted octanol–water partition coefficient (Wildman–Crippen LogP) is 5.00. The topological polar surface area (TPSA) is 117 Å². The van der Waals surface area contributed by atoms with Crippen LogP contribution < -0.4 is 9.46 Å². The van der Waals surface area contributed by atoms with Crippen molar-refractivity contribution in [1.29, 1.82) is 5.26 Å². The van der Waals surface area contributed by atoms with Crippen molar-refractivity contribution in [2.45, 2.75) is 41.9 Å². The van der Waals surface area contributed by atoms with Crippen LogP contribution in [0.3, 0.4) is 0 Å². The smallest absolute Gasteiger partial charge is 0.244 e. The highest BCUT2D eigenvalue weighted by Crippen LogP contribution is 2.34. The van der Waals surface area contributed by atoms with Crippen molar-refractivity contribution >= 4 is 43.2 Å². The first kappa shape index (κ1) is 27.6. The van der Waals surface area contributed by atoms with Crippen LogP contribution in [0.15, 0.2) is 65.6 Å².